The minimum absolute atomic E-state index is 0.878. The molecule has 0 N–H and O–H groups in total. The summed E-state index contributed by atoms with van der Waals surface area (Å²) in [4.78, 5) is 0. The molecule has 1 aliphatic heterocycles. The SMILES string of the molecule is S=CN1CSC=N1. The number of nitrogens with zero attached hydrogens (tertiary/aromatic N) is 2. The Kier molecular flexibility index (Phi) is 1.64. The molecule has 0 aliphatic carbocycles. The van der Waals surface area contributed by atoms with Crippen molar-refractivity contribution < 1.29 is 0 Å². The molecule has 0 amide bonds. The third-order valence-electron chi connectivity index (χ3n) is 0.598. The summed E-state index contributed by atoms with van der Waals surface area (Å²) in [5, 5.41) is 5.57. The predicted octanol–water partition coefficient (Wildman–Crippen LogP) is 0.893. The van der Waals surface area contributed by atoms with E-state index < -0.39 is 0 Å². The highest BCUT2D eigenvalue weighted by Crippen LogP contribution is 2.06. The number of hydrogen-bond donors (Lipinski definition) is 0. The van der Waals surface area contributed by atoms with E-state index >= 15 is 0 Å². The second-order valence-electron chi connectivity index (χ2n) is 1.06. The lowest BCUT2D eigenvalue weighted by Crippen LogP contribution is -2.06. The molecule has 2 nitrogen and oxygen atoms in total. The molecule has 0 atom stereocenters. The molecular formula is C3H4N2S2. The van der Waals surface area contributed by atoms with Gasteiger partial charge in [-0.05, 0) is 0 Å². The van der Waals surface area contributed by atoms with Gasteiger partial charge in [-0.1, -0.05) is 24.0 Å². The van der Waals surface area contributed by atoms with Crippen molar-refractivity contribution in [2.45, 2.75) is 0 Å². The zero-order chi connectivity index (χ0) is 5.11. The normalized spacial score (nSPS) is 18.0. The molecule has 38 valence electrons. The number of hydrogen-bond acceptors (Lipinski definition) is 3. The van der Waals surface area contributed by atoms with Gasteiger partial charge in [0.15, 0.2) is 0 Å². The first-order chi connectivity index (χ1) is 3.43. The molecule has 1 heterocycles. The molecule has 0 bridgehead atoms. The molecule has 0 aromatic rings. The first kappa shape index (κ1) is 5.05. The summed E-state index contributed by atoms with van der Waals surface area (Å²) in [6.07, 6.45) is 0. The molecular weight excluding hydrogens is 128 g/mol. The Bertz CT molecular complexity index is 101. The number of rotatable bonds is 1. The molecule has 4 heteroatoms. The lowest BCUT2D eigenvalue weighted by Gasteiger charge is -1.99. The van der Waals surface area contributed by atoms with Crippen LogP contribution in [0, 0.1) is 0 Å². The van der Waals surface area contributed by atoms with Crippen LogP contribution in [0.3, 0.4) is 0 Å². The van der Waals surface area contributed by atoms with Gasteiger partial charge in [-0.25, -0.2) is 0 Å². The van der Waals surface area contributed by atoms with Gasteiger partial charge in [0.1, 0.15) is 0 Å². The minimum Gasteiger partial charge on any atom is -0.251 e. The van der Waals surface area contributed by atoms with E-state index in [1.54, 1.807) is 22.3 Å². The molecule has 0 fully saturated rings. The van der Waals surface area contributed by atoms with Crippen molar-refractivity contribution in [3.63, 3.8) is 0 Å². The Balaban J connectivity index is 2.42. The standard InChI is InChI=1S/C3H4N2S2/c6-2-5-3-7-1-4-5/h1-2H,3H2. The summed E-state index contributed by atoms with van der Waals surface area (Å²) in [5.41, 5.74) is 3.32. The Morgan fingerprint density at radius 3 is 3.14 bits per heavy atom. The average molecular weight is 132 g/mol. The zero-order valence-electron chi connectivity index (χ0n) is 3.57. The van der Waals surface area contributed by atoms with Gasteiger partial charge in [0.25, 0.3) is 0 Å². The Hall–Kier alpha value is -0.0900. The lowest BCUT2D eigenvalue weighted by molar-refractivity contribution is 0.563. The highest BCUT2D eigenvalue weighted by atomic mass is 32.2. The van der Waals surface area contributed by atoms with Gasteiger partial charge in [-0.3, -0.25) is 5.01 Å². The Morgan fingerprint density at radius 2 is 2.86 bits per heavy atom. The number of thioether (sulfide) groups is 1. The van der Waals surface area contributed by atoms with E-state index in [9.17, 15) is 0 Å². The summed E-state index contributed by atoms with van der Waals surface area (Å²) in [7, 11) is 0. The summed E-state index contributed by atoms with van der Waals surface area (Å²) >= 11 is 6.23. The van der Waals surface area contributed by atoms with Gasteiger partial charge in [0.2, 0.25) is 0 Å². The van der Waals surface area contributed by atoms with Crippen LogP contribution in [0.25, 0.3) is 0 Å². The van der Waals surface area contributed by atoms with Crippen LogP contribution in [0.15, 0.2) is 5.10 Å². The molecule has 0 radical (unpaired) electrons. The van der Waals surface area contributed by atoms with Crippen LogP contribution >= 0.6 is 24.0 Å². The van der Waals surface area contributed by atoms with Gasteiger partial charge in [0, 0.05) is 0 Å². The third kappa shape index (κ3) is 1.14. The van der Waals surface area contributed by atoms with Crippen LogP contribution in [-0.2, 0) is 0 Å². The van der Waals surface area contributed by atoms with Crippen LogP contribution < -0.4 is 0 Å². The first-order valence-electron chi connectivity index (χ1n) is 1.79. The lowest BCUT2D eigenvalue weighted by atomic mass is 11.2. The quantitative estimate of drug-likeness (QED) is 0.493. The van der Waals surface area contributed by atoms with Crippen molar-refractivity contribution in [3.05, 3.63) is 0 Å². The Labute approximate surface area is 51.6 Å². The predicted molar refractivity (Wildman–Crippen MR) is 36.4 cm³/mol. The van der Waals surface area contributed by atoms with Crippen LogP contribution in [0.1, 0.15) is 0 Å². The fraction of sp³-hybridized carbons (Fsp3) is 0.333. The summed E-state index contributed by atoms with van der Waals surface area (Å²) < 4.78 is 0. The summed E-state index contributed by atoms with van der Waals surface area (Å²) in [5.74, 6) is 0.878. The fourth-order valence-electron chi connectivity index (χ4n) is 0.295. The van der Waals surface area contributed by atoms with Crippen molar-refractivity contribution in [1.82, 2.24) is 5.01 Å². The molecule has 0 saturated heterocycles. The van der Waals surface area contributed by atoms with Gasteiger partial charge in [0.05, 0.1) is 16.9 Å². The molecule has 0 aromatic heterocycles. The molecule has 0 aromatic carbocycles. The molecule has 0 unspecified atom stereocenters. The van der Waals surface area contributed by atoms with E-state index in [4.69, 9.17) is 0 Å². The van der Waals surface area contributed by atoms with Crippen molar-refractivity contribution in [2.24, 2.45) is 5.10 Å². The highest BCUT2D eigenvalue weighted by Gasteiger charge is 1.98. The van der Waals surface area contributed by atoms with Crippen LogP contribution in [0.4, 0.5) is 0 Å². The highest BCUT2D eigenvalue weighted by molar-refractivity contribution is 8.12. The summed E-state index contributed by atoms with van der Waals surface area (Å²) in [6, 6.07) is 0. The Morgan fingerprint density at radius 1 is 2.00 bits per heavy atom. The van der Waals surface area contributed by atoms with Crippen molar-refractivity contribution in [2.75, 3.05) is 5.88 Å². The van der Waals surface area contributed by atoms with E-state index in [1.807, 2.05) is 0 Å². The molecule has 7 heavy (non-hydrogen) atoms. The van der Waals surface area contributed by atoms with Crippen LogP contribution in [0.2, 0.25) is 0 Å². The van der Waals surface area contributed by atoms with Crippen LogP contribution in [0.5, 0.6) is 0 Å². The average Bonchev–Trinajstić information content (AvgIpc) is 2.14. The van der Waals surface area contributed by atoms with Gasteiger partial charge >= 0.3 is 0 Å². The van der Waals surface area contributed by atoms with Crippen molar-refractivity contribution in [1.29, 1.82) is 0 Å². The number of thiocarbonyl (C=S) groups is 1. The van der Waals surface area contributed by atoms with Gasteiger partial charge in [-0.15, -0.1) is 0 Å². The fourth-order valence-corrected chi connectivity index (χ4v) is 1.07. The third-order valence-corrected chi connectivity index (χ3v) is 1.50. The van der Waals surface area contributed by atoms with E-state index in [1.165, 1.54) is 5.49 Å². The van der Waals surface area contributed by atoms with Gasteiger partial charge in [-0.2, -0.15) is 5.10 Å². The second kappa shape index (κ2) is 2.28. The monoisotopic (exact) mass is 132 g/mol. The first-order valence-corrected chi connectivity index (χ1v) is 3.31. The molecule has 1 aliphatic rings. The van der Waals surface area contributed by atoms with Crippen molar-refractivity contribution >= 4 is 35.0 Å². The maximum atomic E-state index is 4.59. The van der Waals surface area contributed by atoms with Crippen molar-refractivity contribution in [3.8, 4) is 0 Å². The maximum Gasteiger partial charge on any atom is 0.0929 e. The van der Waals surface area contributed by atoms with E-state index in [0.29, 0.717) is 0 Å². The van der Waals surface area contributed by atoms with E-state index in [-0.39, 0.29) is 0 Å². The minimum atomic E-state index is 0.878. The van der Waals surface area contributed by atoms with Gasteiger partial charge < -0.3 is 0 Å². The number of hydrazone groups is 1. The summed E-state index contributed by atoms with van der Waals surface area (Å²) in [6.45, 7) is 0. The molecule has 0 spiro atoms. The maximum absolute atomic E-state index is 4.59. The topological polar surface area (TPSA) is 15.6 Å². The van der Waals surface area contributed by atoms with E-state index in [2.05, 4.69) is 17.3 Å². The molecule has 0 saturated carbocycles. The second-order valence-corrected chi connectivity index (χ2v) is 2.07. The van der Waals surface area contributed by atoms with Crippen LogP contribution in [-0.4, -0.2) is 21.9 Å². The smallest absolute Gasteiger partial charge is 0.0929 e. The largest absolute Gasteiger partial charge is 0.251 e. The molecule has 1 rings (SSSR count). The van der Waals surface area contributed by atoms with E-state index in [0.717, 1.165) is 5.88 Å². The zero-order valence-corrected chi connectivity index (χ0v) is 5.21.